The Morgan fingerprint density at radius 3 is 2.39 bits per heavy atom. The van der Waals surface area contributed by atoms with Crippen molar-refractivity contribution in [3.63, 3.8) is 0 Å². The van der Waals surface area contributed by atoms with Crippen LogP contribution >= 0.6 is 11.6 Å². The summed E-state index contributed by atoms with van der Waals surface area (Å²) in [5.74, 6) is -0.125. The molecule has 1 aromatic carbocycles. The second kappa shape index (κ2) is 4.78. The van der Waals surface area contributed by atoms with Crippen LogP contribution in [0, 0.1) is 0 Å². The lowest BCUT2D eigenvalue weighted by Crippen LogP contribution is -2.07. The molecule has 3 nitrogen and oxygen atoms in total. The number of Topliss-reactive ketones (excluding diaryl/α,β-unsaturated/α-hetero) is 2. The van der Waals surface area contributed by atoms with E-state index in [1.165, 1.54) is 6.92 Å². The largest absolute Gasteiger partial charge is 0.457 e. The van der Waals surface area contributed by atoms with E-state index in [4.69, 9.17) is 16.3 Å². The molecule has 2 rings (SSSR count). The number of halogens is 1. The molecule has 0 saturated carbocycles. The van der Waals surface area contributed by atoms with E-state index in [0.29, 0.717) is 10.8 Å². The summed E-state index contributed by atoms with van der Waals surface area (Å²) in [7, 11) is 0. The van der Waals surface area contributed by atoms with Gasteiger partial charge in [0.2, 0.25) is 5.78 Å². The minimum Gasteiger partial charge on any atom is -0.457 e. The molecule has 0 spiro atoms. The van der Waals surface area contributed by atoms with Gasteiger partial charge in [-0.1, -0.05) is 23.7 Å². The van der Waals surface area contributed by atoms with E-state index in [1.54, 1.807) is 37.3 Å². The quantitative estimate of drug-likeness (QED) is 0.607. The van der Waals surface area contributed by atoms with Crippen molar-refractivity contribution in [1.29, 1.82) is 0 Å². The van der Waals surface area contributed by atoms with Crippen LogP contribution in [0.15, 0.2) is 41.4 Å². The van der Waals surface area contributed by atoms with Crippen LogP contribution in [-0.4, -0.2) is 11.6 Å². The van der Waals surface area contributed by atoms with Crippen molar-refractivity contribution in [2.45, 2.75) is 13.8 Å². The molecule has 4 heteroatoms. The van der Waals surface area contributed by atoms with Crippen molar-refractivity contribution in [3.05, 3.63) is 51.9 Å². The highest BCUT2D eigenvalue weighted by Gasteiger charge is 2.30. The number of ketones is 2. The van der Waals surface area contributed by atoms with Gasteiger partial charge in [0.25, 0.3) is 0 Å². The number of hydrogen-bond acceptors (Lipinski definition) is 3. The molecule has 0 aliphatic carbocycles. The van der Waals surface area contributed by atoms with Gasteiger partial charge >= 0.3 is 0 Å². The summed E-state index contributed by atoms with van der Waals surface area (Å²) in [6, 6.07) is 6.99. The molecule has 0 fully saturated rings. The van der Waals surface area contributed by atoms with Crippen molar-refractivity contribution in [3.8, 4) is 0 Å². The highest BCUT2D eigenvalue weighted by molar-refractivity contribution is 6.30. The standard InChI is InChI=1S/C14H11ClO3/c1-8(16)13-9(2)18-12(14(13)17)7-10-3-5-11(15)6-4-10/h3-7H,1-2H3/b12-7+. The number of ether oxygens (including phenoxy) is 1. The van der Waals surface area contributed by atoms with Crippen LogP contribution in [-0.2, 0) is 14.3 Å². The van der Waals surface area contributed by atoms with E-state index in [1.807, 2.05) is 0 Å². The fourth-order valence-electron chi connectivity index (χ4n) is 1.76. The van der Waals surface area contributed by atoms with Crippen LogP contribution in [0.3, 0.4) is 0 Å². The maximum Gasteiger partial charge on any atom is 0.235 e. The van der Waals surface area contributed by atoms with Crippen molar-refractivity contribution >= 4 is 29.2 Å². The zero-order valence-electron chi connectivity index (χ0n) is 9.99. The summed E-state index contributed by atoms with van der Waals surface area (Å²) in [6.45, 7) is 2.96. The minimum absolute atomic E-state index is 0.121. The maximum absolute atomic E-state index is 11.9. The molecule has 0 unspecified atom stereocenters. The molecule has 0 N–H and O–H groups in total. The van der Waals surface area contributed by atoms with E-state index < -0.39 is 0 Å². The van der Waals surface area contributed by atoms with E-state index in [-0.39, 0.29) is 22.9 Å². The Balaban J connectivity index is 2.31. The fraction of sp³-hybridized carbons (Fsp3) is 0.143. The average molecular weight is 263 g/mol. The first-order chi connectivity index (χ1) is 8.49. The average Bonchev–Trinajstić information content (AvgIpc) is 2.57. The molecule has 92 valence electrons. The molecule has 1 aromatic rings. The third-order valence-corrected chi connectivity index (χ3v) is 2.84. The van der Waals surface area contributed by atoms with Gasteiger partial charge < -0.3 is 4.74 Å². The smallest absolute Gasteiger partial charge is 0.235 e. The van der Waals surface area contributed by atoms with E-state index in [9.17, 15) is 9.59 Å². The van der Waals surface area contributed by atoms with Crippen molar-refractivity contribution in [2.75, 3.05) is 0 Å². The van der Waals surface area contributed by atoms with Crippen LogP contribution in [0.25, 0.3) is 6.08 Å². The van der Waals surface area contributed by atoms with Crippen molar-refractivity contribution in [2.24, 2.45) is 0 Å². The first-order valence-corrected chi connectivity index (χ1v) is 5.78. The van der Waals surface area contributed by atoms with Crippen LogP contribution in [0.2, 0.25) is 5.02 Å². The van der Waals surface area contributed by atoms with Crippen molar-refractivity contribution in [1.82, 2.24) is 0 Å². The molecule has 1 heterocycles. The van der Waals surface area contributed by atoms with Gasteiger partial charge in [0.05, 0.1) is 0 Å². The summed E-state index contributed by atoms with van der Waals surface area (Å²) >= 11 is 5.77. The Labute approximate surface area is 110 Å². The Kier molecular flexibility index (Phi) is 3.34. The number of carbonyl (C=O) groups is 2. The number of allylic oxidation sites excluding steroid dienone is 2. The van der Waals surface area contributed by atoms with Crippen LogP contribution in [0.1, 0.15) is 19.4 Å². The predicted octanol–water partition coefficient (Wildman–Crippen LogP) is 3.14. The molecule has 1 aliphatic rings. The number of carbonyl (C=O) groups excluding carboxylic acids is 2. The van der Waals surface area contributed by atoms with Crippen molar-refractivity contribution < 1.29 is 14.3 Å². The fourth-order valence-corrected chi connectivity index (χ4v) is 1.88. The summed E-state index contributed by atoms with van der Waals surface area (Å²) < 4.78 is 5.32. The Morgan fingerprint density at radius 1 is 1.28 bits per heavy atom. The monoisotopic (exact) mass is 262 g/mol. The van der Waals surface area contributed by atoms with Gasteiger partial charge in [0, 0.05) is 5.02 Å². The van der Waals surface area contributed by atoms with Crippen LogP contribution in [0.5, 0.6) is 0 Å². The van der Waals surface area contributed by atoms with E-state index >= 15 is 0 Å². The summed E-state index contributed by atoms with van der Waals surface area (Å²) in [5, 5.41) is 0.620. The summed E-state index contributed by atoms with van der Waals surface area (Å²) in [4.78, 5) is 23.2. The molecule has 0 atom stereocenters. The first kappa shape index (κ1) is 12.6. The molecule has 1 aliphatic heterocycles. The zero-order chi connectivity index (χ0) is 13.3. The van der Waals surface area contributed by atoms with Gasteiger partial charge in [-0.15, -0.1) is 0 Å². The number of hydrogen-bond donors (Lipinski definition) is 0. The van der Waals surface area contributed by atoms with Gasteiger partial charge in [-0.05, 0) is 37.6 Å². The van der Waals surface area contributed by atoms with Gasteiger partial charge in [0.15, 0.2) is 11.5 Å². The highest BCUT2D eigenvalue weighted by Crippen LogP contribution is 2.26. The van der Waals surface area contributed by atoms with Gasteiger partial charge in [-0.25, -0.2) is 0 Å². The SMILES string of the molecule is CC(=O)C1=C(C)O/C(=C/c2ccc(Cl)cc2)C1=O. The normalized spacial score (nSPS) is 17.3. The number of benzene rings is 1. The summed E-state index contributed by atoms with van der Waals surface area (Å²) in [6.07, 6.45) is 1.60. The second-order valence-electron chi connectivity index (χ2n) is 3.98. The molecular formula is C14H11ClO3. The van der Waals surface area contributed by atoms with Gasteiger partial charge in [-0.2, -0.15) is 0 Å². The zero-order valence-corrected chi connectivity index (χ0v) is 10.7. The second-order valence-corrected chi connectivity index (χ2v) is 4.42. The molecule has 0 bridgehead atoms. The molecule has 0 aromatic heterocycles. The Hall–Kier alpha value is -1.87. The molecular weight excluding hydrogens is 252 g/mol. The molecule has 0 saturated heterocycles. The summed E-state index contributed by atoms with van der Waals surface area (Å²) in [5.41, 5.74) is 0.913. The predicted molar refractivity (Wildman–Crippen MR) is 68.9 cm³/mol. The number of rotatable bonds is 2. The van der Waals surface area contributed by atoms with E-state index in [0.717, 1.165) is 5.56 Å². The Morgan fingerprint density at radius 2 is 1.89 bits per heavy atom. The minimum atomic E-state index is -0.366. The molecule has 18 heavy (non-hydrogen) atoms. The molecule has 0 amide bonds. The Bertz CT molecular complexity index is 580. The third-order valence-electron chi connectivity index (χ3n) is 2.59. The van der Waals surface area contributed by atoms with Gasteiger partial charge in [-0.3, -0.25) is 9.59 Å². The maximum atomic E-state index is 11.9. The van der Waals surface area contributed by atoms with Gasteiger partial charge in [0.1, 0.15) is 11.3 Å². The lowest BCUT2D eigenvalue weighted by Gasteiger charge is -1.99. The topological polar surface area (TPSA) is 43.4 Å². The van der Waals surface area contributed by atoms with Crippen LogP contribution < -0.4 is 0 Å². The first-order valence-electron chi connectivity index (χ1n) is 5.40. The highest BCUT2D eigenvalue weighted by atomic mass is 35.5. The van der Waals surface area contributed by atoms with E-state index in [2.05, 4.69) is 0 Å². The molecule has 0 radical (unpaired) electrons. The van der Waals surface area contributed by atoms with Crippen LogP contribution in [0.4, 0.5) is 0 Å². The lowest BCUT2D eigenvalue weighted by atomic mass is 10.1. The lowest BCUT2D eigenvalue weighted by molar-refractivity contribution is -0.118. The third kappa shape index (κ3) is 2.36.